The molecule has 0 bridgehead atoms. The summed E-state index contributed by atoms with van der Waals surface area (Å²) in [7, 11) is 1.48. The fraction of sp³-hybridized carbons (Fsp3) is 0.438. The third-order valence-electron chi connectivity index (χ3n) is 3.89. The third-order valence-corrected chi connectivity index (χ3v) is 4.38. The van der Waals surface area contributed by atoms with E-state index in [1.165, 1.54) is 12.0 Å². The van der Waals surface area contributed by atoms with E-state index in [0.29, 0.717) is 30.7 Å². The number of amides is 1. The van der Waals surface area contributed by atoms with E-state index in [-0.39, 0.29) is 24.5 Å². The molecule has 1 fully saturated rings. The van der Waals surface area contributed by atoms with Gasteiger partial charge in [0, 0.05) is 23.9 Å². The number of carbonyl (C=O) groups is 3. The summed E-state index contributed by atoms with van der Waals surface area (Å²) in [6.07, 6.45) is 1.16. The number of carboxylic acid groups (broad SMARTS) is 1. The van der Waals surface area contributed by atoms with Gasteiger partial charge in [0.15, 0.2) is 5.78 Å². The van der Waals surface area contributed by atoms with Crippen molar-refractivity contribution in [2.75, 3.05) is 13.7 Å². The zero-order valence-corrected chi connectivity index (χ0v) is 14.3. The largest absolute Gasteiger partial charge is 0.496 e. The monoisotopic (exact) mass is 383 g/mol. The van der Waals surface area contributed by atoms with Crippen LogP contribution in [0.5, 0.6) is 5.75 Å². The van der Waals surface area contributed by atoms with Gasteiger partial charge < -0.3 is 14.7 Å². The number of carboxylic acids is 1. The smallest absolute Gasteiger partial charge is 0.326 e. The molecule has 1 aromatic carbocycles. The van der Waals surface area contributed by atoms with Gasteiger partial charge in [0.25, 0.3) is 0 Å². The van der Waals surface area contributed by atoms with Gasteiger partial charge in [-0.05, 0) is 31.0 Å². The van der Waals surface area contributed by atoms with E-state index in [1.54, 1.807) is 18.2 Å². The van der Waals surface area contributed by atoms with E-state index in [0.717, 1.165) is 4.47 Å². The summed E-state index contributed by atoms with van der Waals surface area (Å²) in [5.74, 6) is -1.04. The lowest BCUT2D eigenvalue weighted by molar-refractivity contribution is -0.148. The first-order valence-corrected chi connectivity index (χ1v) is 8.12. The molecule has 7 heteroatoms. The Bertz CT molecular complexity index is 631. The van der Waals surface area contributed by atoms with E-state index >= 15 is 0 Å². The van der Waals surface area contributed by atoms with Gasteiger partial charge in [-0.2, -0.15) is 0 Å². The Kier molecular flexibility index (Phi) is 5.76. The van der Waals surface area contributed by atoms with Crippen LogP contribution in [-0.2, 0) is 9.59 Å². The number of hydrogen-bond acceptors (Lipinski definition) is 4. The Hall–Kier alpha value is -1.89. The van der Waals surface area contributed by atoms with Gasteiger partial charge in [-0.1, -0.05) is 15.9 Å². The molecule has 1 heterocycles. The summed E-state index contributed by atoms with van der Waals surface area (Å²) in [5, 5.41) is 9.10. The van der Waals surface area contributed by atoms with Crippen molar-refractivity contribution in [3.8, 4) is 5.75 Å². The maximum atomic E-state index is 12.3. The van der Waals surface area contributed by atoms with Crippen molar-refractivity contribution in [1.82, 2.24) is 4.90 Å². The molecule has 0 radical (unpaired) electrons. The van der Waals surface area contributed by atoms with Crippen LogP contribution in [-0.4, -0.2) is 47.4 Å². The molecule has 124 valence electrons. The van der Waals surface area contributed by atoms with Gasteiger partial charge in [0.1, 0.15) is 11.8 Å². The number of ketones is 1. The van der Waals surface area contributed by atoms with Crippen molar-refractivity contribution in [3.05, 3.63) is 28.2 Å². The third kappa shape index (κ3) is 4.10. The number of benzene rings is 1. The highest BCUT2D eigenvalue weighted by molar-refractivity contribution is 9.10. The lowest BCUT2D eigenvalue weighted by Gasteiger charge is -2.21. The highest BCUT2D eigenvalue weighted by atomic mass is 79.9. The lowest BCUT2D eigenvalue weighted by atomic mass is 10.0. The number of halogens is 1. The van der Waals surface area contributed by atoms with E-state index in [2.05, 4.69) is 15.9 Å². The van der Waals surface area contributed by atoms with E-state index in [9.17, 15) is 14.4 Å². The van der Waals surface area contributed by atoms with Crippen molar-refractivity contribution in [2.24, 2.45) is 0 Å². The first-order chi connectivity index (χ1) is 10.9. The second kappa shape index (κ2) is 7.59. The normalized spacial score (nSPS) is 17.1. The van der Waals surface area contributed by atoms with Crippen LogP contribution < -0.4 is 4.74 Å². The lowest BCUT2D eigenvalue weighted by Crippen LogP contribution is -2.40. The second-order valence-corrected chi connectivity index (χ2v) is 6.27. The first-order valence-electron chi connectivity index (χ1n) is 7.33. The molecule has 0 aromatic heterocycles. The Morgan fingerprint density at radius 1 is 1.35 bits per heavy atom. The Morgan fingerprint density at radius 2 is 2.09 bits per heavy atom. The predicted molar refractivity (Wildman–Crippen MR) is 86.6 cm³/mol. The maximum Gasteiger partial charge on any atom is 0.326 e. The van der Waals surface area contributed by atoms with Gasteiger partial charge in [-0.15, -0.1) is 0 Å². The summed E-state index contributed by atoms with van der Waals surface area (Å²) in [6.45, 7) is 0.435. The number of aliphatic carboxylic acids is 1. The van der Waals surface area contributed by atoms with Gasteiger partial charge in [0.2, 0.25) is 5.91 Å². The van der Waals surface area contributed by atoms with Crippen LogP contribution in [0, 0.1) is 0 Å². The van der Waals surface area contributed by atoms with Gasteiger partial charge in [0.05, 0.1) is 12.7 Å². The first kappa shape index (κ1) is 17.5. The van der Waals surface area contributed by atoms with E-state index < -0.39 is 12.0 Å². The summed E-state index contributed by atoms with van der Waals surface area (Å²) in [6, 6.07) is 4.34. The van der Waals surface area contributed by atoms with Gasteiger partial charge >= 0.3 is 5.97 Å². The Balaban J connectivity index is 2.00. The molecule has 23 heavy (non-hydrogen) atoms. The summed E-state index contributed by atoms with van der Waals surface area (Å²) >= 11 is 3.30. The van der Waals surface area contributed by atoms with Crippen LogP contribution in [0.4, 0.5) is 0 Å². The molecular formula is C16H18BrNO5. The van der Waals surface area contributed by atoms with Crippen LogP contribution in [0.1, 0.15) is 36.0 Å². The van der Waals surface area contributed by atoms with Crippen molar-refractivity contribution in [1.29, 1.82) is 0 Å². The van der Waals surface area contributed by atoms with Crippen LogP contribution >= 0.6 is 15.9 Å². The van der Waals surface area contributed by atoms with Crippen LogP contribution in [0.15, 0.2) is 22.7 Å². The summed E-state index contributed by atoms with van der Waals surface area (Å²) in [4.78, 5) is 37.0. The fourth-order valence-corrected chi connectivity index (χ4v) is 3.08. The Morgan fingerprint density at radius 3 is 2.74 bits per heavy atom. The zero-order chi connectivity index (χ0) is 17.0. The highest BCUT2D eigenvalue weighted by Gasteiger charge is 2.33. The van der Waals surface area contributed by atoms with E-state index in [4.69, 9.17) is 9.84 Å². The molecule has 1 aliphatic rings. The second-order valence-electron chi connectivity index (χ2n) is 5.35. The molecule has 1 N–H and O–H groups in total. The number of Topliss-reactive ketones (excluding diaryl/α,β-unsaturated/α-hetero) is 1. The number of rotatable bonds is 6. The van der Waals surface area contributed by atoms with Crippen molar-refractivity contribution in [3.63, 3.8) is 0 Å². The Labute approximate surface area is 142 Å². The molecule has 0 unspecified atom stereocenters. The quantitative estimate of drug-likeness (QED) is 0.762. The van der Waals surface area contributed by atoms with Crippen molar-refractivity contribution >= 4 is 33.6 Å². The molecule has 6 nitrogen and oxygen atoms in total. The maximum absolute atomic E-state index is 12.3. The summed E-state index contributed by atoms with van der Waals surface area (Å²) in [5.41, 5.74) is 0.408. The number of ether oxygens (including phenoxy) is 1. The molecule has 1 aliphatic heterocycles. The summed E-state index contributed by atoms with van der Waals surface area (Å²) < 4.78 is 5.91. The van der Waals surface area contributed by atoms with Crippen LogP contribution in [0.2, 0.25) is 0 Å². The topological polar surface area (TPSA) is 83.9 Å². The SMILES string of the molecule is COc1ccc(Br)cc1C(=O)CCC(=O)N1CCC[C@@H]1C(=O)O. The van der Waals surface area contributed by atoms with Gasteiger partial charge in [-0.25, -0.2) is 4.79 Å². The highest BCUT2D eigenvalue weighted by Crippen LogP contribution is 2.25. The minimum Gasteiger partial charge on any atom is -0.496 e. The number of methoxy groups -OCH3 is 1. The molecule has 1 amide bonds. The van der Waals surface area contributed by atoms with Crippen LogP contribution in [0.25, 0.3) is 0 Å². The molecule has 0 saturated carbocycles. The molecule has 1 aromatic rings. The fourth-order valence-electron chi connectivity index (χ4n) is 2.72. The minimum atomic E-state index is -0.990. The number of likely N-dealkylation sites (tertiary alicyclic amines) is 1. The number of carbonyl (C=O) groups excluding carboxylic acids is 2. The zero-order valence-electron chi connectivity index (χ0n) is 12.8. The van der Waals surface area contributed by atoms with Crippen LogP contribution in [0.3, 0.4) is 0 Å². The molecule has 1 saturated heterocycles. The number of nitrogens with zero attached hydrogens (tertiary/aromatic N) is 1. The van der Waals surface area contributed by atoms with Crippen molar-refractivity contribution < 1.29 is 24.2 Å². The molecule has 0 spiro atoms. The van der Waals surface area contributed by atoms with E-state index in [1.807, 2.05) is 0 Å². The average molecular weight is 384 g/mol. The molecular weight excluding hydrogens is 366 g/mol. The molecule has 0 aliphatic carbocycles. The molecule has 1 atom stereocenters. The molecule has 2 rings (SSSR count). The predicted octanol–water partition coefficient (Wildman–Crippen LogP) is 2.50. The number of hydrogen-bond donors (Lipinski definition) is 1. The minimum absolute atomic E-state index is 0.00171. The average Bonchev–Trinajstić information content (AvgIpc) is 3.02. The standard InChI is InChI=1S/C16H18BrNO5/c1-23-14-6-4-10(17)9-11(14)13(19)5-7-15(20)18-8-2-3-12(18)16(21)22/h4,6,9,12H,2-3,5,7-8H2,1H3,(H,21,22)/t12-/m1/s1. The van der Waals surface area contributed by atoms with Gasteiger partial charge in [-0.3, -0.25) is 9.59 Å². The van der Waals surface area contributed by atoms with Crippen molar-refractivity contribution in [2.45, 2.75) is 31.7 Å².